The van der Waals surface area contributed by atoms with Crippen LogP contribution in [0.1, 0.15) is 61.1 Å². The van der Waals surface area contributed by atoms with Crippen LogP contribution in [0.3, 0.4) is 0 Å². The van der Waals surface area contributed by atoms with Gasteiger partial charge in [0.2, 0.25) is 10.0 Å². The molecule has 5 fully saturated rings. The Hall–Kier alpha value is -2.77. The van der Waals surface area contributed by atoms with E-state index in [4.69, 9.17) is 4.52 Å². The van der Waals surface area contributed by atoms with E-state index in [-0.39, 0.29) is 29.7 Å². The number of anilines is 2. The molecule has 1 amide bonds. The van der Waals surface area contributed by atoms with Crippen LogP contribution in [0.25, 0.3) is 11.5 Å². The molecule has 4 N–H and O–H groups in total. The maximum absolute atomic E-state index is 13.2. The van der Waals surface area contributed by atoms with Gasteiger partial charge in [0.1, 0.15) is 5.82 Å². The monoisotopic (exact) mass is 557 g/mol. The first-order valence-electron chi connectivity index (χ1n) is 14.0. The number of carbonyl (C=O) groups is 1. The van der Waals surface area contributed by atoms with Gasteiger partial charge in [0.05, 0.1) is 23.1 Å². The summed E-state index contributed by atoms with van der Waals surface area (Å²) in [6, 6.07) is 0.0778. The lowest BCUT2D eigenvalue weighted by Crippen LogP contribution is -2.59. The fourth-order valence-electron chi connectivity index (χ4n) is 8.03. The quantitative estimate of drug-likeness (QED) is 0.410. The molecule has 2 aromatic heterocycles. The molecule has 12 nitrogen and oxygen atoms in total. The van der Waals surface area contributed by atoms with E-state index in [1.54, 1.807) is 11.1 Å². The number of likely N-dealkylation sites (tertiary alicyclic amines) is 1. The van der Waals surface area contributed by atoms with E-state index in [0.717, 1.165) is 68.4 Å². The Balaban J connectivity index is 1.12. The summed E-state index contributed by atoms with van der Waals surface area (Å²) in [7, 11) is -3.29. The number of piperidine rings is 1. The molecule has 6 aliphatic rings. The highest BCUT2D eigenvalue weighted by Gasteiger charge is 2.55. The lowest BCUT2D eigenvalue weighted by atomic mass is 9.52. The molecule has 13 heteroatoms. The number of hydrogen-bond acceptors (Lipinski definition) is 10. The van der Waals surface area contributed by atoms with Crippen molar-refractivity contribution in [2.45, 2.75) is 69.1 Å². The molecule has 0 radical (unpaired) electrons. The lowest BCUT2D eigenvalue weighted by molar-refractivity contribution is -0.129. The minimum atomic E-state index is -3.29. The van der Waals surface area contributed by atoms with Crippen LogP contribution in [-0.4, -0.2) is 83.0 Å². The van der Waals surface area contributed by atoms with Gasteiger partial charge in [-0.25, -0.2) is 18.1 Å². The van der Waals surface area contributed by atoms with Crippen LogP contribution in [0, 0.1) is 17.8 Å². The van der Waals surface area contributed by atoms with Crippen molar-refractivity contribution in [2.75, 3.05) is 36.5 Å². The molecule has 4 aliphatic carbocycles. The predicted octanol–water partition coefficient (Wildman–Crippen LogP) is 1.60. The largest absolute Gasteiger partial charge is 0.390 e. The molecule has 2 aromatic rings. The predicted molar refractivity (Wildman–Crippen MR) is 143 cm³/mol. The zero-order valence-electron chi connectivity index (χ0n) is 22.0. The highest BCUT2D eigenvalue weighted by atomic mass is 32.2. The zero-order chi connectivity index (χ0) is 26.9. The van der Waals surface area contributed by atoms with Gasteiger partial charge >= 0.3 is 0 Å². The molecular weight excluding hydrogens is 522 g/mol. The first kappa shape index (κ1) is 25.2. The fraction of sp³-hybridized carbons (Fsp3) is 0.692. The van der Waals surface area contributed by atoms with Crippen LogP contribution in [0.5, 0.6) is 0 Å². The molecular formula is C26H35N7O5S. The minimum Gasteiger partial charge on any atom is -0.390 e. The summed E-state index contributed by atoms with van der Waals surface area (Å²) >= 11 is 0. The number of carbonyl (C=O) groups excluding carboxylic acids is 1. The van der Waals surface area contributed by atoms with Crippen molar-refractivity contribution in [1.82, 2.24) is 24.7 Å². The Morgan fingerprint density at radius 1 is 1.21 bits per heavy atom. The molecule has 4 saturated carbocycles. The molecule has 4 bridgehead atoms. The van der Waals surface area contributed by atoms with Crippen molar-refractivity contribution in [3.05, 3.63) is 17.6 Å². The molecule has 8 rings (SSSR count). The number of aromatic nitrogens is 3. The Bertz CT molecular complexity index is 1390. The zero-order valence-corrected chi connectivity index (χ0v) is 22.8. The topological polar surface area (TPSA) is 163 Å². The van der Waals surface area contributed by atoms with Gasteiger partial charge in [0, 0.05) is 43.5 Å². The van der Waals surface area contributed by atoms with E-state index in [1.165, 1.54) is 0 Å². The summed E-state index contributed by atoms with van der Waals surface area (Å²) in [6.07, 6.45) is 9.67. The summed E-state index contributed by atoms with van der Waals surface area (Å²) in [5.41, 5.74) is 2.21. The highest BCUT2D eigenvalue weighted by Crippen LogP contribution is 2.56. The van der Waals surface area contributed by atoms with Crippen LogP contribution in [0.15, 0.2) is 10.7 Å². The van der Waals surface area contributed by atoms with Gasteiger partial charge in [-0.3, -0.25) is 4.79 Å². The van der Waals surface area contributed by atoms with E-state index < -0.39 is 15.6 Å². The molecule has 1 saturated heterocycles. The number of amides is 1. The average molecular weight is 558 g/mol. The van der Waals surface area contributed by atoms with Gasteiger partial charge in [0.15, 0.2) is 0 Å². The van der Waals surface area contributed by atoms with Crippen LogP contribution >= 0.6 is 0 Å². The Morgan fingerprint density at radius 3 is 2.64 bits per heavy atom. The van der Waals surface area contributed by atoms with Crippen molar-refractivity contribution in [2.24, 2.45) is 17.8 Å². The summed E-state index contributed by atoms with van der Waals surface area (Å²) in [6.45, 7) is 1.62. The second-order valence-corrected chi connectivity index (χ2v) is 14.1. The third kappa shape index (κ3) is 4.67. The van der Waals surface area contributed by atoms with Crippen molar-refractivity contribution in [1.29, 1.82) is 0 Å². The highest BCUT2D eigenvalue weighted by molar-refractivity contribution is 7.88. The second kappa shape index (κ2) is 9.13. The maximum Gasteiger partial charge on any atom is 0.295 e. The Morgan fingerprint density at radius 2 is 1.95 bits per heavy atom. The van der Waals surface area contributed by atoms with E-state index >= 15 is 0 Å². The van der Waals surface area contributed by atoms with E-state index in [0.29, 0.717) is 49.2 Å². The van der Waals surface area contributed by atoms with E-state index in [2.05, 4.69) is 30.5 Å². The summed E-state index contributed by atoms with van der Waals surface area (Å²) in [5, 5.41) is 22.3. The number of pyridine rings is 1. The first-order valence-corrected chi connectivity index (χ1v) is 15.9. The number of sulfonamides is 1. The smallest absolute Gasteiger partial charge is 0.295 e. The second-order valence-electron chi connectivity index (χ2n) is 12.3. The Labute approximate surface area is 227 Å². The fourth-order valence-corrected chi connectivity index (χ4v) is 8.87. The van der Waals surface area contributed by atoms with Crippen LogP contribution < -0.4 is 15.4 Å². The van der Waals surface area contributed by atoms with Gasteiger partial charge in [-0.15, -0.1) is 0 Å². The van der Waals surface area contributed by atoms with Gasteiger partial charge in [0.25, 0.3) is 17.6 Å². The third-order valence-corrected chi connectivity index (χ3v) is 10.2. The lowest BCUT2D eigenvalue weighted by Gasteiger charge is -2.58. The molecule has 5 atom stereocenters. The Kier molecular flexibility index (Phi) is 5.90. The standard InChI is InChI=1S/C26H35N7O5S/c1-39(36,37)32-17-3-6-33(7-4-17)25(34)23-30-24(38-31-23)19-13-28-22-18(2-5-27-22)21(19)29-20-15-8-14-9-16(20)12-26(35,10-14)11-15/h13-17,20,32,35H,2-12H2,1H3,(H2,27,28,29)/t14?,15-,16+,20?,26?. The molecule has 3 unspecified atom stereocenters. The normalized spacial score (nSPS) is 31.8. The average Bonchev–Trinajstić information content (AvgIpc) is 3.54. The van der Waals surface area contributed by atoms with Crippen molar-refractivity contribution in [3.8, 4) is 11.5 Å². The number of aliphatic hydroxyl groups is 1. The number of rotatable bonds is 6. The van der Waals surface area contributed by atoms with Crippen molar-refractivity contribution >= 4 is 27.4 Å². The number of hydrogen-bond donors (Lipinski definition) is 4. The maximum atomic E-state index is 13.2. The molecule has 39 heavy (non-hydrogen) atoms. The number of nitrogens with zero attached hydrogens (tertiary/aromatic N) is 4. The van der Waals surface area contributed by atoms with Crippen molar-refractivity contribution in [3.63, 3.8) is 0 Å². The summed E-state index contributed by atoms with van der Waals surface area (Å²) in [4.78, 5) is 23.9. The minimum absolute atomic E-state index is 0.0130. The molecule has 0 aromatic carbocycles. The van der Waals surface area contributed by atoms with Gasteiger partial charge < -0.3 is 25.2 Å². The van der Waals surface area contributed by atoms with E-state index in [9.17, 15) is 18.3 Å². The van der Waals surface area contributed by atoms with E-state index in [1.807, 2.05) is 0 Å². The van der Waals surface area contributed by atoms with Gasteiger partial charge in [-0.1, -0.05) is 5.16 Å². The van der Waals surface area contributed by atoms with Gasteiger partial charge in [-0.05, 0) is 69.1 Å². The summed E-state index contributed by atoms with van der Waals surface area (Å²) in [5.74, 6) is 2.22. The molecule has 210 valence electrons. The van der Waals surface area contributed by atoms with Crippen LogP contribution in [-0.2, 0) is 16.4 Å². The number of fused-ring (bicyclic) bond motifs is 1. The summed E-state index contributed by atoms with van der Waals surface area (Å²) < 4.78 is 31.3. The SMILES string of the molecule is CS(=O)(=O)NC1CCN(C(=O)c2noc(-c3cnc4c(c3NC3[C@@H]5CC6C[C@H]3CC(O)(C6)C5)CCN4)n2)CC1. The molecule has 4 heterocycles. The first-order chi connectivity index (χ1) is 18.6. The number of nitrogens with one attached hydrogen (secondary N) is 3. The molecule has 2 aliphatic heterocycles. The third-order valence-electron chi connectivity index (χ3n) is 9.41. The van der Waals surface area contributed by atoms with Crippen LogP contribution in [0.4, 0.5) is 11.5 Å². The van der Waals surface area contributed by atoms with Crippen LogP contribution in [0.2, 0.25) is 0 Å². The van der Waals surface area contributed by atoms with Gasteiger partial charge in [-0.2, -0.15) is 4.98 Å². The van der Waals surface area contributed by atoms with Crippen molar-refractivity contribution < 1.29 is 22.8 Å². The molecule has 0 spiro atoms.